The molecule has 2 amide bonds. The van der Waals surface area contributed by atoms with E-state index in [9.17, 15) is 9.59 Å². The molecular formula is C21H23N5O3S. The summed E-state index contributed by atoms with van der Waals surface area (Å²) in [5, 5.41) is 8.39. The standard InChI is InChI=1S/C21H23N5O3S/c1-25(2)20(28)21(12-15-5-7-16(8-6-15)17-4-3-11-30-17)13-26(9-10-29-21)19(27)18-22-14-23-24-18/h3-8,11,14H,9-10,12-13H2,1-2H3,(H,22,23,24). The number of amides is 2. The summed E-state index contributed by atoms with van der Waals surface area (Å²) < 4.78 is 6.06. The van der Waals surface area contributed by atoms with Crippen LogP contribution in [0.3, 0.4) is 0 Å². The molecule has 1 atom stereocenters. The van der Waals surface area contributed by atoms with Gasteiger partial charge in [0.1, 0.15) is 6.33 Å². The molecular weight excluding hydrogens is 402 g/mol. The quantitative estimate of drug-likeness (QED) is 0.676. The van der Waals surface area contributed by atoms with E-state index in [0.29, 0.717) is 13.0 Å². The molecule has 0 radical (unpaired) electrons. The number of hydrogen-bond acceptors (Lipinski definition) is 6. The van der Waals surface area contributed by atoms with E-state index in [4.69, 9.17) is 4.74 Å². The van der Waals surface area contributed by atoms with Crippen molar-refractivity contribution in [3.8, 4) is 10.4 Å². The van der Waals surface area contributed by atoms with Gasteiger partial charge in [0.2, 0.25) is 5.82 Å². The molecule has 2 aromatic heterocycles. The van der Waals surface area contributed by atoms with Crippen molar-refractivity contribution in [2.45, 2.75) is 12.0 Å². The Bertz CT molecular complexity index is 1000. The number of carbonyl (C=O) groups is 2. The highest BCUT2D eigenvalue weighted by Crippen LogP contribution is 2.29. The maximum atomic E-state index is 13.2. The number of H-pyrrole nitrogens is 1. The second-order valence-corrected chi connectivity index (χ2v) is 8.40. The first-order valence-corrected chi connectivity index (χ1v) is 10.5. The van der Waals surface area contributed by atoms with Gasteiger partial charge in [-0.05, 0) is 22.6 Å². The first-order valence-electron chi connectivity index (χ1n) is 9.62. The van der Waals surface area contributed by atoms with E-state index in [0.717, 1.165) is 11.1 Å². The van der Waals surface area contributed by atoms with E-state index in [-0.39, 0.29) is 30.8 Å². The van der Waals surface area contributed by atoms with Crippen LogP contribution >= 0.6 is 11.3 Å². The number of nitrogens with one attached hydrogen (secondary N) is 1. The summed E-state index contributed by atoms with van der Waals surface area (Å²) in [5.74, 6) is -0.303. The second-order valence-electron chi connectivity index (χ2n) is 7.45. The van der Waals surface area contributed by atoms with Gasteiger partial charge in [0.25, 0.3) is 11.8 Å². The Labute approximate surface area is 178 Å². The lowest BCUT2D eigenvalue weighted by Crippen LogP contribution is -2.61. The minimum atomic E-state index is -1.15. The lowest BCUT2D eigenvalue weighted by Gasteiger charge is -2.42. The van der Waals surface area contributed by atoms with Crippen molar-refractivity contribution in [3.05, 3.63) is 59.5 Å². The second kappa shape index (κ2) is 8.37. The first-order chi connectivity index (χ1) is 14.5. The van der Waals surface area contributed by atoms with E-state index in [1.807, 2.05) is 23.6 Å². The average molecular weight is 426 g/mol. The van der Waals surface area contributed by atoms with Crippen LogP contribution in [-0.4, -0.2) is 76.2 Å². The molecule has 1 saturated heterocycles. The average Bonchev–Trinajstić information content (AvgIpc) is 3.47. The number of thiophene rings is 1. The number of ether oxygens (including phenoxy) is 1. The molecule has 30 heavy (non-hydrogen) atoms. The van der Waals surface area contributed by atoms with Crippen LogP contribution in [0.5, 0.6) is 0 Å². The third-order valence-corrected chi connectivity index (χ3v) is 6.05. The Balaban J connectivity index is 1.59. The molecule has 0 bridgehead atoms. The van der Waals surface area contributed by atoms with E-state index >= 15 is 0 Å². The number of hydrogen-bond donors (Lipinski definition) is 1. The van der Waals surface area contributed by atoms with Crippen LogP contribution < -0.4 is 0 Å². The zero-order valence-electron chi connectivity index (χ0n) is 16.9. The zero-order valence-corrected chi connectivity index (χ0v) is 17.7. The van der Waals surface area contributed by atoms with Gasteiger partial charge in [-0.15, -0.1) is 11.3 Å². The number of carbonyl (C=O) groups excluding carboxylic acids is 2. The molecule has 0 spiro atoms. The Morgan fingerprint density at radius 1 is 1.27 bits per heavy atom. The van der Waals surface area contributed by atoms with E-state index < -0.39 is 5.60 Å². The maximum absolute atomic E-state index is 13.2. The third-order valence-electron chi connectivity index (χ3n) is 5.14. The maximum Gasteiger partial charge on any atom is 0.291 e. The highest BCUT2D eigenvalue weighted by Gasteiger charge is 2.46. The Morgan fingerprint density at radius 2 is 2.07 bits per heavy atom. The lowest BCUT2D eigenvalue weighted by molar-refractivity contribution is -0.165. The first kappa shape index (κ1) is 20.2. The summed E-state index contributed by atoms with van der Waals surface area (Å²) in [6, 6.07) is 12.2. The number of aromatic nitrogens is 3. The van der Waals surface area contributed by atoms with Crippen molar-refractivity contribution < 1.29 is 14.3 Å². The normalized spacial score (nSPS) is 18.9. The Kier molecular flexibility index (Phi) is 5.65. The molecule has 1 fully saturated rings. The number of nitrogens with zero attached hydrogens (tertiary/aromatic N) is 4. The fourth-order valence-corrected chi connectivity index (χ4v) is 4.43. The van der Waals surface area contributed by atoms with Gasteiger partial charge < -0.3 is 14.5 Å². The van der Waals surface area contributed by atoms with Crippen molar-refractivity contribution in [1.82, 2.24) is 25.0 Å². The summed E-state index contributed by atoms with van der Waals surface area (Å²) in [4.78, 5) is 34.2. The van der Waals surface area contributed by atoms with Gasteiger partial charge in [0.15, 0.2) is 5.60 Å². The number of rotatable bonds is 5. The number of likely N-dealkylation sites (N-methyl/N-ethyl adjacent to an activating group) is 1. The van der Waals surface area contributed by atoms with Crippen LogP contribution in [0.4, 0.5) is 0 Å². The zero-order chi connectivity index (χ0) is 21.1. The van der Waals surface area contributed by atoms with Crippen molar-refractivity contribution in [1.29, 1.82) is 0 Å². The van der Waals surface area contributed by atoms with Gasteiger partial charge >= 0.3 is 0 Å². The van der Waals surface area contributed by atoms with Crippen LogP contribution in [0.1, 0.15) is 16.2 Å². The minimum Gasteiger partial charge on any atom is -0.361 e. The van der Waals surface area contributed by atoms with E-state index in [1.54, 1.807) is 30.3 Å². The molecule has 3 heterocycles. The van der Waals surface area contributed by atoms with Crippen LogP contribution in [0.15, 0.2) is 48.1 Å². The Hall–Kier alpha value is -3.04. The van der Waals surface area contributed by atoms with Crippen LogP contribution in [0.2, 0.25) is 0 Å². The molecule has 1 aliphatic heterocycles. The van der Waals surface area contributed by atoms with Crippen molar-refractivity contribution in [2.24, 2.45) is 0 Å². The molecule has 156 valence electrons. The van der Waals surface area contributed by atoms with Gasteiger partial charge in [-0.2, -0.15) is 5.10 Å². The molecule has 4 rings (SSSR count). The molecule has 1 aromatic carbocycles. The van der Waals surface area contributed by atoms with Crippen molar-refractivity contribution in [3.63, 3.8) is 0 Å². The molecule has 9 heteroatoms. The highest BCUT2D eigenvalue weighted by molar-refractivity contribution is 7.13. The lowest BCUT2D eigenvalue weighted by atomic mass is 9.90. The number of benzene rings is 1. The van der Waals surface area contributed by atoms with Gasteiger partial charge in [0.05, 0.1) is 13.2 Å². The molecule has 1 unspecified atom stereocenters. The molecule has 0 aliphatic carbocycles. The fourth-order valence-electron chi connectivity index (χ4n) is 3.69. The number of aromatic amines is 1. The minimum absolute atomic E-state index is 0.149. The molecule has 1 N–H and O–H groups in total. The Morgan fingerprint density at radius 3 is 2.70 bits per heavy atom. The molecule has 1 aliphatic rings. The van der Waals surface area contributed by atoms with E-state index in [2.05, 4.69) is 33.4 Å². The third kappa shape index (κ3) is 3.99. The molecule has 0 saturated carbocycles. The monoisotopic (exact) mass is 425 g/mol. The van der Waals surface area contributed by atoms with Crippen LogP contribution in [0.25, 0.3) is 10.4 Å². The van der Waals surface area contributed by atoms with Gasteiger partial charge in [0, 0.05) is 31.9 Å². The summed E-state index contributed by atoms with van der Waals surface area (Å²) in [6.07, 6.45) is 1.66. The van der Waals surface area contributed by atoms with Gasteiger partial charge in [-0.25, -0.2) is 4.98 Å². The fraction of sp³-hybridized carbons (Fsp3) is 0.333. The smallest absolute Gasteiger partial charge is 0.291 e. The molecule has 8 nitrogen and oxygen atoms in total. The van der Waals surface area contributed by atoms with Crippen LogP contribution in [0, 0.1) is 0 Å². The summed E-state index contributed by atoms with van der Waals surface area (Å²) >= 11 is 1.68. The van der Waals surface area contributed by atoms with Crippen molar-refractivity contribution in [2.75, 3.05) is 33.8 Å². The highest BCUT2D eigenvalue weighted by atomic mass is 32.1. The van der Waals surface area contributed by atoms with Crippen LogP contribution in [-0.2, 0) is 16.0 Å². The largest absolute Gasteiger partial charge is 0.361 e. The van der Waals surface area contributed by atoms with Gasteiger partial charge in [-0.3, -0.25) is 14.7 Å². The summed E-state index contributed by atoms with van der Waals surface area (Å²) in [5.41, 5.74) is 0.954. The SMILES string of the molecule is CN(C)C(=O)C1(Cc2ccc(-c3cccs3)cc2)CN(C(=O)c2ncn[nH]2)CCO1. The summed E-state index contributed by atoms with van der Waals surface area (Å²) in [6.45, 7) is 0.808. The molecule has 3 aromatic rings. The van der Waals surface area contributed by atoms with E-state index in [1.165, 1.54) is 16.1 Å². The number of morpholine rings is 1. The topological polar surface area (TPSA) is 91.4 Å². The van der Waals surface area contributed by atoms with Crippen molar-refractivity contribution >= 4 is 23.2 Å². The summed E-state index contributed by atoms with van der Waals surface area (Å²) in [7, 11) is 3.40. The van der Waals surface area contributed by atoms with Gasteiger partial charge in [-0.1, -0.05) is 30.3 Å². The predicted molar refractivity (Wildman–Crippen MR) is 113 cm³/mol. The predicted octanol–water partition coefficient (Wildman–Crippen LogP) is 2.08.